The number of aryl methyl sites for hydroxylation is 2. The summed E-state index contributed by atoms with van der Waals surface area (Å²) in [6.45, 7) is 3.89. The number of aromatic nitrogens is 5. The van der Waals surface area contributed by atoms with Gasteiger partial charge in [0.25, 0.3) is 5.91 Å². The van der Waals surface area contributed by atoms with Gasteiger partial charge in [-0.15, -0.1) is 0 Å². The van der Waals surface area contributed by atoms with Crippen LogP contribution in [-0.2, 0) is 0 Å². The number of furan rings is 1. The fourth-order valence-corrected chi connectivity index (χ4v) is 2.64. The number of pyridine rings is 1. The van der Waals surface area contributed by atoms with Gasteiger partial charge in [0, 0.05) is 11.8 Å². The molecule has 4 aromatic heterocycles. The Morgan fingerprint density at radius 3 is 2.77 bits per heavy atom. The van der Waals surface area contributed by atoms with Crippen LogP contribution in [0.15, 0.2) is 53.3 Å². The Hall–Kier alpha value is -3.68. The maximum atomic E-state index is 12.3. The largest absolute Gasteiger partial charge is 0.463 e. The average molecular weight is 348 g/mol. The molecule has 1 amide bonds. The Balaban J connectivity index is 1.49. The van der Waals surface area contributed by atoms with Gasteiger partial charge in [0.15, 0.2) is 17.3 Å². The van der Waals surface area contributed by atoms with Crippen LogP contribution in [0.1, 0.15) is 21.9 Å². The number of nitrogens with zero attached hydrogens (tertiary/aromatic N) is 4. The third-order valence-electron chi connectivity index (χ3n) is 3.83. The molecule has 0 aliphatic carbocycles. The summed E-state index contributed by atoms with van der Waals surface area (Å²) in [7, 11) is 0. The number of rotatable bonds is 4. The van der Waals surface area contributed by atoms with Gasteiger partial charge in [-0.2, -0.15) is 10.2 Å². The van der Waals surface area contributed by atoms with Gasteiger partial charge in [-0.05, 0) is 44.2 Å². The summed E-state index contributed by atoms with van der Waals surface area (Å²) in [5.41, 5.74) is 3.39. The van der Waals surface area contributed by atoms with Crippen molar-refractivity contribution in [3.63, 3.8) is 0 Å². The average Bonchev–Trinajstić information content (AvgIpc) is 3.35. The first kappa shape index (κ1) is 15.8. The highest BCUT2D eigenvalue weighted by Gasteiger charge is 2.13. The zero-order chi connectivity index (χ0) is 18.1. The molecule has 0 atom stereocenters. The quantitative estimate of drug-likeness (QED) is 0.590. The van der Waals surface area contributed by atoms with Crippen LogP contribution in [0.4, 0.5) is 5.69 Å². The SMILES string of the molecule is Cc1cc(C)n(-c2ccc(NC(=O)c3cc(-c4ccco4)[nH]n3)cn2)n1. The minimum Gasteiger partial charge on any atom is -0.463 e. The maximum absolute atomic E-state index is 12.3. The molecule has 4 aromatic rings. The Kier molecular flexibility index (Phi) is 3.85. The van der Waals surface area contributed by atoms with E-state index in [-0.39, 0.29) is 11.6 Å². The van der Waals surface area contributed by atoms with E-state index in [9.17, 15) is 4.79 Å². The van der Waals surface area contributed by atoms with Crippen LogP contribution in [0.2, 0.25) is 0 Å². The van der Waals surface area contributed by atoms with Crippen LogP contribution < -0.4 is 5.32 Å². The minimum absolute atomic E-state index is 0.263. The summed E-state index contributed by atoms with van der Waals surface area (Å²) >= 11 is 0. The van der Waals surface area contributed by atoms with E-state index < -0.39 is 0 Å². The van der Waals surface area contributed by atoms with E-state index in [0.29, 0.717) is 23.0 Å². The van der Waals surface area contributed by atoms with Crippen LogP contribution in [0.5, 0.6) is 0 Å². The van der Waals surface area contributed by atoms with Crippen molar-refractivity contribution >= 4 is 11.6 Å². The van der Waals surface area contributed by atoms with Gasteiger partial charge in [-0.1, -0.05) is 0 Å². The number of hydrogen-bond acceptors (Lipinski definition) is 5. The molecular formula is C18H16N6O2. The molecule has 0 saturated heterocycles. The van der Waals surface area contributed by atoms with Crippen molar-refractivity contribution in [2.45, 2.75) is 13.8 Å². The zero-order valence-electron chi connectivity index (χ0n) is 14.2. The first-order chi connectivity index (χ1) is 12.6. The molecule has 130 valence electrons. The van der Waals surface area contributed by atoms with Gasteiger partial charge in [0.2, 0.25) is 0 Å². The van der Waals surface area contributed by atoms with Crippen molar-refractivity contribution in [3.8, 4) is 17.3 Å². The molecule has 2 N–H and O–H groups in total. The number of nitrogens with one attached hydrogen (secondary N) is 2. The topological polar surface area (TPSA) is 102 Å². The second-order valence-electron chi connectivity index (χ2n) is 5.84. The summed E-state index contributed by atoms with van der Waals surface area (Å²) in [4.78, 5) is 16.7. The second kappa shape index (κ2) is 6.32. The van der Waals surface area contributed by atoms with E-state index in [1.165, 1.54) is 0 Å². The van der Waals surface area contributed by atoms with E-state index in [2.05, 4.69) is 25.6 Å². The number of aromatic amines is 1. The minimum atomic E-state index is -0.334. The second-order valence-corrected chi connectivity index (χ2v) is 5.84. The smallest absolute Gasteiger partial charge is 0.276 e. The summed E-state index contributed by atoms with van der Waals surface area (Å²) in [6.07, 6.45) is 3.15. The van der Waals surface area contributed by atoms with Crippen molar-refractivity contribution in [1.29, 1.82) is 0 Å². The lowest BCUT2D eigenvalue weighted by Crippen LogP contribution is -2.13. The van der Waals surface area contributed by atoms with Crippen molar-refractivity contribution in [1.82, 2.24) is 25.0 Å². The van der Waals surface area contributed by atoms with Gasteiger partial charge >= 0.3 is 0 Å². The number of carbonyl (C=O) groups excluding carboxylic acids is 1. The lowest BCUT2D eigenvalue weighted by atomic mass is 10.3. The van der Waals surface area contributed by atoms with E-state index in [0.717, 1.165) is 11.4 Å². The molecule has 0 aliphatic heterocycles. The highest BCUT2D eigenvalue weighted by atomic mass is 16.3. The van der Waals surface area contributed by atoms with Crippen LogP contribution in [-0.4, -0.2) is 30.9 Å². The predicted octanol–water partition coefficient (Wildman–Crippen LogP) is 3.12. The number of anilines is 1. The molecule has 0 unspecified atom stereocenters. The summed E-state index contributed by atoms with van der Waals surface area (Å²) < 4.78 is 7.03. The fourth-order valence-electron chi connectivity index (χ4n) is 2.64. The molecule has 8 heteroatoms. The lowest BCUT2D eigenvalue weighted by molar-refractivity contribution is 0.102. The van der Waals surface area contributed by atoms with E-state index in [1.54, 1.807) is 47.5 Å². The van der Waals surface area contributed by atoms with Crippen molar-refractivity contribution < 1.29 is 9.21 Å². The van der Waals surface area contributed by atoms with Crippen LogP contribution in [0.3, 0.4) is 0 Å². The van der Waals surface area contributed by atoms with Gasteiger partial charge in [0.05, 0.1) is 23.8 Å². The molecule has 26 heavy (non-hydrogen) atoms. The molecule has 0 spiro atoms. The highest BCUT2D eigenvalue weighted by Crippen LogP contribution is 2.19. The molecule has 0 bridgehead atoms. The van der Waals surface area contributed by atoms with Gasteiger partial charge in [0.1, 0.15) is 5.69 Å². The normalized spacial score (nSPS) is 10.8. The summed E-state index contributed by atoms with van der Waals surface area (Å²) in [5.74, 6) is 0.973. The molecule has 8 nitrogen and oxygen atoms in total. The van der Waals surface area contributed by atoms with Crippen molar-refractivity contribution in [2.24, 2.45) is 0 Å². The van der Waals surface area contributed by atoms with Crippen molar-refractivity contribution in [2.75, 3.05) is 5.32 Å². The molecule has 0 radical (unpaired) electrons. The standard InChI is InChI=1S/C18H16N6O2/c1-11-8-12(2)24(23-11)17-6-5-13(10-19-17)20-18(25)15-9-14(21-22-15)16-4-3-7-26-16/h3-10H,1-2H3,(H,20,25)(H,21,22). The van der Waals surface area contributed by atoms with Crippen LogP contribution in [0, 0.1) is 13.8 Å². The fraction of sp³-hybridized carbons (Fsp3) is 0.111. The van der Waals surface area contributed by atoms with Gasteiger partial charge < -0.3 is 9.73 Å². The number of amides is 1. The monoisotopic (exact) mass is 348 g/mol. The van der Waals surface area contributed by atoms with Gasteiger partial charge in [-0.25, -0.2) is 9.67 Å². The summed E-state index contributed by atoms with van der Waals surface area (Å²) in [5, 5.41) is 14.0. The van der Waals surface area contributed by atoms with E-state index >= 15 is 0 Å². The van der Waals surface area contributed by atoms with Crippen LogP contribution in [0.25, 0.3) is 17.3 Å². The van der Waals surface area contributed by atoms with E-state index in [4.69, 9.17) is 4.42 Å². The highest BCUT2D eigenvalue weighted by molar-refractivity contribution is 6.03. The number of hydrogen-bond donors (Lipinski definition) is 2. The summed E-state index contributed by atoms with van der Waals surface area (Å²) in [6, 6.07) is 10.7. The third-order valence-corrected chi connectivity index (χ3v) is 3.83. The Labute approximate surface area is 148 Å². The molecule has 0 aromatic carbocycles. The lowest BCUT2D eigenvalue weighted by Gasteiger charge is -2.06. The van der Waals surface area contributed by atoms with E-state index in [1.807, 2.05) is 19.9 Å². The predicted molar refractivity (Wildman–Crippen MR) is 95.1 cm³/mol. The molecule has 0 aliphatic rings. The number of H-pyrrole nitrogens is 1. The Morgan fingerprint density at radius 1 is 1.23 bits per heavy atom. The van der Waals surface area contributed by atoms with Gasteiger partial charge in [-0.3, -0.25) is 9.89 Å². The first-order valence-electron chi connectivity index (χ1n) is 8.00. The molecule has 4 rings (SSSR count). The Bertz CT molecular complexity index is 1040. The molecular weight excluding hydrogens is 332 g/mol. The zero-order valence-corrected chi connectivity index (χ0v) is 14.2. The van der Waals surface area contributed by atoms with Crippen LogP contribution >= 0.6 is 0 Å². The third kappa shape index (κ3) is 3.00. The molecule has 0 saturated carbocycles. The molecule has 4 heterocycles. The first-order valence-corrected chi connectivity index (χ1v) is 8.00. The number of carbonyl (C=O) groups is 1. The Morgan fingerprint density at radius 2 is 2.12 bits per heavy atom. The molecule has 0 fully saturated rings. The maximum Gasteiger partial charge on any atom is 0.276 e. The van der Waals surface area contributed by atoms with Crippen molar-refractivity contribution in [3.05, 3.63) is 65.9 Å².